The van der Waals surface area contributed by atoms with Crippen molar-refractivity contribution in [2.75, 3.05) is 13.2 Å². The molecule has 6 heteroatoms. The van der Waals surface area contributed by atoms with Gasteiger partial charge in [0, 0.05) is 19.3 Å². The van der Waals surface area contributed by atoms with E-state index in [1.54, 1.807) is 0 Å². The Labute approximate surface area is 429 Å². The van der Waals surface area contributed by atoms with Crippen LogP contribution in [0.5, 0.6) is 0 Å². The van der Waals surface area contributed by atoms with E-state index in [1.807, 2.05) is 24.3 Å². The number of hydrogen-bond acceptors (Lipinski definition) is 6. The third-order valence-electron chi connectivity index (χ3n) is 10.8. The lowest BCUT2D eigenvalue weighted by atomic mass is 10.1. The van der Waals surface area contributed by atoms with Gasteiger partial charge < -0.3 is 14.2 Å². The molecular weight excluding hydrogens is 865 g/mol. The minimum atomic E-state index is -0.860. The van der Waals surface area contributed by atoms with Crippen LogP contribution in [0.15, 0.2) is 158 Å². The van der Waals surface area contributed by atoms with Gasteiger partial charge in [0.1, 0.15) is 13.2 Å². The van der Waals surface area contributed by atoms with Crippen LogP contribution in [0, 0.1) is 0 Å². The number of ether oxygens (including phenoxy) is 3. The molecule has 0 heterocycles. The lowest BCUT2D eigenvalue weighted by Gasteiger charge is -2.18. The summed E-state index contributed by atoms with van der Waals surface area (Å²) in [6.07, 6.45) is 82.5. The first-order chi connectivity index (χ1) is 34.5. The van der Waals surface area contributed by atoms with Crippen molar-refractivity contribution in [1.29, 1.82) is 0 Å². The van der Waals surface area contributed by atoms with Gasteiger partial charge in [-0.1, -0.05) is 224 Å². The number of allylic oxidation sites excluding steroid dienone is 26. The van der Waals surface area contributed by atoms with Gasteiger partial charge in [0.05, 0.1) is 0 Å². The van der Waals surface area contributed by atoms with Crippen LogP contribution < -0.4 is 0 Å². The van der Waals surface area contributed by atoms with E-state index in [1.165, 1.54) is 44.9 Å². The van der Waals surface area contributed by atoms with Crippen molar-refractivity contribution < 1.29 is 28.6 Å². The first-order valence-electron chi connectivity index (χ1n) is 27.5. The highest BCUT2D eigenvalue weighted by Gasteiger charge is 2.19. The normalized spacial score (nSPS) is 13.4. The molecule has 0 amide bonds. The third-order valence-corrected chi connectivity index (χ3v) is 10.8. The van der Waals surface area contributed by atoms with Gasteiger partial charge in [0.25, 0.3) is 0 Å². The van der Waals surface area contributed by atoms with Gasteiger partial charge in [-0.25, -0.2) is 0 Å². The predicted molar refractivity (Wildman–Crippen MR) is 302 cm³/mol. The molecule has 0 N–H and O–H groups in total. The van der Waals surface area contributed by atoms with E-state index in [2.05, 4.69) is 154 Å². The van der Waals surface area contributed by atoms with Gasteiger partial charge in [-0.2, -0.15) is 0 Å². The number of hydrogen-bond donors (Lipinski definition) is 0. The van der Waals surface area contributed by atoms with Crippen LogP contribution in [0.2, 0.25) is 0 Å². The van der Waals surface area contributed by atoms with Crippen molar-refractivity contribution in [3.05, 3.63) is 158 Å². The molecule has 390 valence electrons. The van der Waals surface area contributed by atoms with Gasteiger partial charge in [-0.3, -0.25) is 14.4 Å². The highest BCUT2D eigenvalue weighted by molar-refractivity contribution is 5.71. The van der Waals surface area contributed by atoms with Crippen molar-refractivity contribution in [2.24, 2.45) is 0 Å². The Kier molecular flexibility index (Phi) is 52.6. The SMILES string of the molecule is CC/C=C\C/C=C\C/C=C\C/C=C\C/C=C\C/C=C\CCC(=O)OCC(COC(=O)CCCCCCC/C=C\CCCCCCC)OC(=O)CC/C=C\C/C=C\C/C=C\C/C=C\C/C=C\C/C=C\CC. The maximum Gasteiger partial charge on any atom is 0.306 e. The fourth-order valence-electron chi connectivity index (χ4n) is 6.72. The summed E-state index contributed by atoms with van der Waals surface area (Å²) >= 11 is 0. The van der Waals surface area contributed by atoms with Gasteiger partial charge in [-0.15, -0.1) is 0 Å². The molecule has 0 aliphatic carbocycles. The zero-order valence-electron chi connectivity index (χ0n) is 44.5. The van der Waals surface area contributed by atoms with Gasteiger partial charge in [0.2, 0.25) is 0 Å². The average Bonchev–Trinajstić information content (AvgIpc) is 3.36. The number of unbranched alkanes of at least 4 members (excludes halogenated alkanes) is 10. The number of rotatable bonds is 47. The highest BCUT2D eigenvalue weighted by Crippen LogP contribution is 2.11. The van der Waals surface area contributed by atoms with E-state index in [9.17, 15) is 14.4 Å². The van der Waals surface area contributed by atoms with Crippen LogP contribution in [0.3, 0.4) is 0 Å². The Hall–Kier alpha value is -4.97. The third kappa shape index (κ3) is 54.0. The standard InChI is InChI=1S/C64H98O6/c1-4-7-10-13-16-19-22-25-28-30-32-34-36-39-42-45-48-51-54-57-63(66)69-60-61(59-68-62(65)56-53-50-47-44-41-38-27-24-21-18-15-12-9-6-3)70-64(67)58-55-52-49-46-43-40-37-35-33-31-29-26-23-20-17-14-11-8-5-2/h7-8,10-11,16-17,19-20,24-29,32-35,39-40,42-43,48-49,51-52,61H,4-6,9,12-15,18,21-23,30-31,36-38,41,44-47,50,53-60H2,1-3H3/b10-7-,11-8-,19-16-,20-17-,27-24-,28-25-,29-26-,34-32-,35-33-,42-39-,43-40-,51-48-,52-49-. The summed E-state index contributed by atoms with van der Waals surface area (Å²) in [6.45, 7) is 6.24. The number of carbonyl (C=O) groups is 3. The Morgan fingerprint density at radius 2 is 0.586 bits per heavy atom. The summed E-state index contributed by atoms with van der Waals surface area (Å²) in [5, 5.41) is 0. The van der Waals surface area contributed by atoms with Crippen molar-refractivity contribution in [1.82, 2.24) is 0 Å². The summed E-state index contributed by atoms with van der Waals surface area (Å²) in [5.41, 5.74) is 0. The second kappa shape index (κ2) is 56.6. The second-order valence-corrected chi connectivity index (χ2v) is 17.4. The first-order valence-corrected chi connectivity index (χ1v) is 27.5. The summed E-state index contributed by atoms with van der Waals surface area (Å²) in [4.78, 5) is 38.0. The van der Waals surface area contributed by atoms with E-state index >= 15 is 0 Å². The molecule has 1 atom stereocenters. The van der Waals surface area contributed by atoms with Crippen LogP contribution in [0.25, 0.3) is 0 Å². The zero-order valence-corrected chi connectivity index (χ0v) is 44.5. The van der Waals surface area contributed by atoms with E-state index in [-0.39, 0.29) is 38.0 Å². The minimum Gasteiger partial charge on any atom is -0.462 e. The van der Waals surface area contributed by atoms with Crippen LogP contribution >= 0.6 is 0 Å². The molecule has 0 spiro atoms. The van der Waals surface area contributed by atoms with Crippen molar-refractivity contribution in [3.63, 3.8) is 0 Å². The lowest BCUT2D eigenvalue weighted by molar-refractivity contribution is -0.166. The molecule has 0 aromatic carbocycles. The lowest BCUT2D eigenvalue weighted by Crippen LogP contribution is -2.30. The molecule has 6 nitrogen and oxygen atoms in total. The van der Waals surface area contributed by atoms with Crippen molar-refractivity contribution >= 4 is 17.9 Å². The highest BCUT2D eigenvalue weighted by atomic mass is 16.6. The van der Waals surface area contributed by atoms with E-state index in [4.69, 9.17) is 14.2 Å². The summed E-state index contributed by atoms with van der Waals surface area (Å²) in [6, 6.07) is 0. The molecule has 0 aromatic rings. The average molecular weight is 963 g/mol. The molecule has 70 heavy (non-hydrogen) atoms. The van der Waals surface area contributed by atoms with E-state index < -0.39 is 12.1 Å². The number of carbonyl (C=O) groups excluding carboxylic acids is 3. The Morgan fingerprint density at radius 1 is 0.300 bits per heavy atom. The molecule has 0 radical (unpaired) electrons. The summed E-state index contributed by atoms with van der Waals surface area (Å²) in [7, 11) is 0. The van der Waals surface area contributed by atoms with Crippen LogP contribution in [0.1, 0.15) is 207 Å². The number of esters is 3. The molecule has 0 rings (SSSR count). The Balaban J connectivity index is 4.66. The van der Waals surface area contributed by atoms with Gasteiger partial charge in [-0.05, 0) is 122 Å². The smallest absolute Gasteiger partial charge is 0.306 e. The van der Waals surface area contributed by atoms with Gasteiger partial charge in [0.15, 0.2) is 6.10 Å². The molecular formula is C64H98O6. The molecule has 0 aromatic heterocycles. The van der Waals surface area contributed by atoms with Crippen LogP contribution in [-0.2, 0) is 28.6 Å². The summed E-state index contributed by atoms with van der Waals surface area (Å²) in [5.74, 6) is -1.14. The largest absolute Gasteiger partial charge is 0.462 e. The molecule has 0 aliphatic rings. The zero-order chi connectivity index (χ0) is 50.7. The Bertz CT molecular complexity index is 1620. The first kappa shape index (κ1) is 65.0. The fraction of sp³-hybridized carbons (Fsp3) is 0.547. The van der Waals surface area contributed by atoms with Crippen molar-refractivity contribution in [3.8, 4) is 0 Å². The monoisotopic (exact) mass is 963 g/mol. The summed E-state index contributed by atoms with van der Waals surface area (Å²) < 4.78 is 16.7. The van der Waals surface area contributed by atoms with Crippen LogP contribution in [-0.4, -0.2) is 37.2 Å². The molecule has 0 saturated carbocycles. The molecule has 0 bridgehead atoms. The molecule has 0 saturated heterocycles. The van der Waals surface area contributed by atoms with E-state index in [0.717, 1.165) is 109 Å². The topological polar surface area (TPSA) is 78.9 Å². The quantitative estimate of drug-likeness (QED) is 0.0262. The second-order valence-electron chi connectivity index (χ2n) is 17.4. The molecule has 1 unspecified atom stereocenters. The maximum absolute atomic E-state index is 12.8. The molecule has 0 aliphatic heterocycles. The Morgan fingerprint density at radius 3 is 0.957 bits per heavy atom. The van der Waals surface area contributed by atoms with Gasteiger partial charge >= 0.3 is 17.9 Å². The van der Waals surface area contributed by atoms with E-state index in [0.29, 0.717) is 19.3 Å². The molecule has 0 fully saturated rings. The minimum absolute atomic E-state index is 0.143. The van der Waals surface area contributed by atoms with Crippen molar-refractivity contribution in [2.45, 2.75) is 213 Å². The maximum atomic E-state index is 12.8. The fourth-order valence-corrected chi connectivity index (χ4v) is 6.72. The van der Waals surface area contributed by atoms with Crippen LogP contribution in [0.4, 0.5) is 0 Å². The predicted octanol–water partition coefficient (Wildman–Crippen LogP) is 18.6.